The van der Waals surface area contributed by atoms with Gasteiger partial charge >= 0.3 is 0 Å². The number of benzene rings is 1. The Hall–Kier alpha value is -1.97. The molecule has 2 rings (SSSR count). The van der Waals surface area contributed by atoms with E-state index in [0.717, 1.165) is 23.3 Å². The van der Waals surface area contributed by atoms with Gasteiger partial charge in [-0.1, -0.05) is 6.07 Å². The van der Waals surface area contributed by atoms with E-state index in [4.69, 9.17) is 10.5 Å². The van der Waals surface area contributed by atoms with E-state index >= 15 is 0 Å². The zero-order chi connectivity index (χ0) is 10.7. The normalized spacial score (nSPS) is 10.2. The highest BCUT2D eigenvalue weighted by atomic mass is 16.5. The van der Waals surface area contributed by atoms with Crippen LogP contribution >= 0.6 is 0 Å². The zero-order valence-electron chi connectivity index (χ0n) is 8.53. The Morgan fingerprint density at radius 3 is 2.93 bits per heavy atom. The molecule has 0 aliphatic heterocycles. The van der Waals surface area contributed by atoms with Crippen LogP contribution in [0, 0.1) is 0 Å². The summed E-state index contributed by atoms with van der Waals surface area (Å²) >= 11 is 0. The van der Waals surface area contributed by atoms with Gasteiger partial charge in [0.05, 0.1) is 19.0 Å². The molecule has 0 atom stereocenters. The lowest BCUT2D eigenvalue weighted by atomic mass is 10.1. The first-order valence-corrected chi connectivity index (χ1v) is 4.69. The van der Waals surface area contributed by atoms with Gasteiger partial charge in [-0.2, -0.15) is 5.10 Å². The van der Waals surface area contributed by atoms with Gasteiger partial charge < -0.3 is 10.5 Å². The molecule has 0 aliphatic rings. The van der Waals surface area contributed by atoms with Crippen molar-refractivity contribution in [1.29, 1.82) is 0 Å². The monoisotopic (exact) mass is 203 g/mol. The quantitative estimate of drug-likeness (QED) is 0.744. The van der Waals surface area contributed by atoms with Gasteiger partial charge in [0.1, 0.15) is 5.75 Å². The van der Waals surface area contributed by atoms with Crippen LogP contribution in [0.5, 0.6) is 5.75 Å². The summed E-state index contributed by atoms with van der Waals surface area (Å²) in [6.45, 7) is 0. The van der Waals surface area contributed by atoms with Crippen molar-refractivity contribution in [2.45, 2.75) is 6.42 Å². The Labute approximate surface area is 88.1 Å². The summed E-state index contributed by atoms with van der Waals surface area (Å²) < 4.78 is 5.16. The molecule has 0 radical (unpaired) electrons. The van der Waals surface area contributed by atoms with Gasteiger partial charge in [0.15, 0.2) is 0 Å². The Bertz CT molecular complexity index is 437. The molecular weight excluding hydrogens is 190 g/mol. The van der Waals surface area contributed by atoms with E-state index in [1.807, 2.05) is 30.6 Å². The van der Waals surface area contributed by atoms with Gasteiger partial charge in [-0.25, -0.2) is 0 Å². The number of hydrogen-bond acceptors (Lipinski definition) is 3. The molecule has 0 bridgehead atoms. The van der Waals surface area contributed by atoms with E-state index in [9.17, 15) is 0 Å². The summed E-state index contributed by atoms with van der Waals surface area (Å²) in [6, 6.07) is 5.79. The predicted octanol–water partition coefficient (Wildman–Crippen LogP) is 1.59. The second-order valence-electron chi connectivity index (χ2n) is 3.36. The maximum Gasteiger partial charge on any atom is 0.142 e. The molecule has 1 heterocycles. The number of rotatable bonds is 3. The first kappa shape index (κ1) is 9.58. The summed E-state index contributed by atoms with van der Waals surface area (Å²) in [5, 5.41) is 6.68. The number of nitrogens with zero attached hydrogens (tertiary/aromatic N) is 1. The van der Waals surface area contributed by atoms with Crippen molar-refractivity contribution in [3.05, 3.63) is 41.7 Å². The SMILES string of the molecule is COc1cc(Cc2cn[nH]c2)ccc1N. The summed E-state index contributed by atoms with van der Waals surface area (Å²) in [6.07, 6.45) is 4.51. The summed E-state index contributed by atoms with van der Waals surface area (Å²) in [5.41, 5.74) is 8.69. The minimum absolute atomic E-state index is 0.661. The predicted molar refractivity (Wildman–Crippen MR) is 58.8 cm³/mol. The van der Waals surface area contributed by atoms with Crippen LogP contribution < -0.4 is 10.5 Å². The first-order valence-electron chi connectivity index (χ1n) is 4.69. The van der Waals surface area contributed by atoms with Crippen LogP contribution in [0.1, 0.15) is 11.1 Å². The van der Waals surface area contributed by atoms with E-state index in [1.165, 1.54) is 0 Å². The van der Waals surface area contributed by atoms with Gasteiger partial charge in [-0.3, -0.25) is 5.10 Å². The van der Waals surface area contributed by atoms with Crippen LogP contribution in [0.3, 0.4) is 0 Å². The molecule has 0 spiro atoms. The van der Waals surface area contributed by atoms with Gasteiger partial charge in [0.2, 0.25) is 0 Å². The number of methoxy groups -OCH3 is 1. The van der Waals surface area contributed by atoms with Crippen LogP contribution in [-0.2, 0) is 6.42 Å². The number of nitrogen functional groups attached to an aromatic ring is 1. The van der Waals surface area contributed by atoms with Crippen molar-refractivity contribution >= 4 is 5.69 Å². The number of aromatic amines is 1. The molecule has 1 aromatic carbocycles. The van der Waals surface area contributed by atoms with E-state index < -0.39 is 0 Å². The fraction of sp³-hybridized carbons (Fsp3) is 0.182. The van der Waals surface area contributed by atoms with Crippen molar-refractivity contribution < 1.29 is 4.74 Å². The third-order valence-electron chi connectivity index (χ3n) is 2.26. The average Bonchev–Trinajstić information content (AvgIpc) is 2.73. The molecule has 15 heavy (non-hydrogen) atoms. The van der Waals surface area contributed by atoms with E-state index in [1.54, 1.807) is 7.11 Å². The molecule has 2 aromatic rings. The zero-order valence-corrected chi connectivity index (χ0v) is 8.53. The highest BCUT2D eigenvalue weighted by molar-refractivity contribution is 5.54. The number of aromatic nitrogens is 2. The van der Waals surface area contributed by atoms with Crippen LogP contribution in [-0.4, -0.2) is 17.3 Å². The van der Waals surface area contributed by atoms with Crippen molar-refractivity contribution in [2.24, 2.45) is 0 Å². The standard InChI is InChI=1S/C11H13N3O/c1-15-11-5-8(2-3-10(11)12)4-9-6-13-14-7-9/h2-3,5-7H,4,12H2,1H3,(H,13,14). The Morgan fingerprint density at radius 1 is 1.40 bits per heavy atom. The minimum Gasteiger partial charge on any atom is -0.495 e. The number of nitrogens with one attached hydrogen (secondary N) is 1. The number of anilines is 1. The molecule has 4 heteroatoms. The maximum atomic E-state index is 5.73. The molecule has 0 fully saturated rings. The fourth-order valence-corrected chi connectivity index (χ4v) is 1.48. The second kappa shape index (κ2) is 4.04. The smallest absolute Gasteiger partial charge is 0.142 e. The molecule has 0 aliphatic carbocycles. The molecule has 0 amide bonds. The van der Waals surface area contributed by atoms with Crippen molar-refractivity contribution in [2.75, 3.05) is 12.8 Å². The lowest BCUT2D eigenvalue weighted by Gasteiger charge is -2.06. The Morgan fingerprint density at radius 2 is 2.27 bits per heavy atom. The Balaban J connectivity index is 2.22. The third kappa shape index (κ3) is 2.10. The van der Waals surface area contributed by atoms with E-state index in [2.05, 4.69) is 10.2 Å². The summed E-state index contributed by atoms with van der Waals surface area (Å²) in [7, 11) is 1.62. The van der Waals surface area contributed by atoms with Crippen molar-refractivity contribution in [3.63, 3.8) is 0 Å². The van der Waals surface area contributed by atoms with Crippen LogP contribution in [0.25, 0.3) is 0 Å². The topological polar surface area (TPSA) is 63.9 Å². The van der Waals surface area contributed by atoms with Gasteiger partial charge in [-0.15, -0.1) is 0 Å². The average molecular weight is 203 g/mol. The molecule has 78 valence electrons. The fourth-order valence-electron chi connectivity index (χ4n) is 1.48. The largest absolute Gasteiger partial charge is 0.495 e. The minimum atomic E-state index is 0.661. The van der Waals surface area contributed by atoms with Gasteiger partial charge in [0, 0.05) is 12.6 Å². The third-order valence-corrected chi connectivity index (χ3v) is 2.26. The summed E-state index contributed by atoms with van der Waals surface area (Å²) in [5.74, 6) is 0.719. The second-order valence-corrected chi connectivity index (χ2v) is 3.36. The number of nitrogens with two attached hydrogens (primary N) is 1. The number of H-pyrrole nitrogens is 1. The lowest BCUT2D eigenvalue weighted by molar-refractivity contribution is 0.416. The lowest BCUT2D eigenvalue weighted by Crippen LogP contribution is -1.94. The Kier molecular flexibility index (Phi) is 2.58. The van der Waals surface area contributed by atoms with Gasteiger partial charge in [0.25, 0.3) is 0 Å². The molecule has 0 unspecified atom stereocenters. The molecule has 4 nitrogen and oxygen atoms in total. The summed E-state index contributed by atoms with van der Waals surface area (Å²) in [4.78, 5) is 0. The first-order chi connectivity index (χ1) is 7.29. The van der Waals surface area contributed by atoms with E-state index in [0.29, 0.717) is 5.69 Å². The highest BCUT2D eigenvalue weighted by Crippen LogP contribution is 2.23. The molecule has 0 saturated heterocycles. The van der Waals surface area contributed by atoms with Crippen LogP contribution in [0.4, 0.5) is 5.69 Å². The maximum absolute atomic E-state index is 5.73. The van der Waals surface area contributed by atoms with Crippen LogP contribution in [0.15, 0.2) is 30.6 Å². The van der Waals surface area contributed by atoms with Crippen molar-refractivity contribution in [3.8, 4) is 5.75 Å². The molecule has 1 aromatic heterocycles. The number of ether oxygens (including phenoxy) is 1. The molecule has 0 saturated carbocycles. The molecular formula is C11H13N3O. The molecule has 3 N–H and O–H groups in total. The van der Waals surface area contributed by atoms with E-state index in [-0.39, 0.29) is 0 Å². The highest BCUT2D eigenvalue weighted by Gasteiger charge is 2.02. The van der Waals surface area contributed by atoms with Crippen LogP contribution in [0.2, 0.25) is 0 Å². The number of hydrogen-bond donors (Lipinski definition) is 2. The van der Waals surface area contributed by atoms with Gasteiger partial charge in [-0.05, 0) is 23.3 Å². The van der Waals surface area contributed by atoms with Crippen molar-refractivity contribution in [1.82, 2.24) is 10.2 Å².